The van der Waals surface area contributed by atoms with E-state index in [1.54, 1.807) is 7.11 Å². The maximum absolute atomic E-state index is 7.53. The minimum atomic E-state index is 0.106. The summed E-state index contributed by atoms with van der Waals surface area (Å²) < 4.78 is 5.41. The molecule has 1 aromatic rings. The van der Waals surface area contributed by atoms with Crippen molar-refractivity contribution in [2.24, 2.45) is 11.7 Å². The summed E-state index contributed by atoms with van der Waals surface area (Å²) in [6.07, 6.45) is 2.72. The van der Waals surface area contributed by atoms with Gasteiger partial charge in [0, 0.05) is 24.2 Å². The monoisotopic (exact) mass is 261 g/mol. The number of amidine groups is 1. The van der Waals surface area contributed by atoms with Gasteiger partial charge in [-0.05, 0) is 43.5 Å². The van der Waals surface area contributed by atoms with E-state index in [4.69, 9.17) is 15.9 Å². The molecule has 0 amide bonds. The number of nitrogens with one attached hydrogen (secondary N) is 1. The number of ether oxygens (including phenoxy) is 1. The van der Waals surface area contributed by atoms with Crippen molar-refractivity contribution in [3.63, 3.8) is 0 Å². The average molecular weight is 261 g/mol. The number of nitrogens with zero attached hydrogens (tertiary/aromatic N) is 1. The number of hydrogen-bond acceptors (Lipinski definition) is 3. The molecule has 0 saturated heterocycles. The molecule has 0 atom stereocenters. The van der Waals surface area contributed by atoms with Crippen LogP contribution >= 0.6 is 0 Å². The van der Waals surface area contributed by atoms with E-state index in [1.807, 2.05) is 18.2 Å². The Hall–Kier alpha value is -1.55. The van der Waals surface area contributed by atoms with Gasteiger partial charge in [0.15, 0.2) is 0 Å². The van der Waals surface area contributed by atoms with Crippen molar-refractivity contribution in [1.82, 2.24) is 4.90 Å². The van der Waals surface area contributed by atoms with Gasteiger partial charge in [0.2, 0.25) is 0 Å². The Morgan fingerprint density at radius 2 is 2.21 bits per heavy atom. The second-order valence-corrected chi connectivity index (χ2v) is 5.21. The van der Waals surface area contributed by atoms with Crippen LogP contribution < -0.4 is 10.5 Å². The molecular formula is C15H23N3O. The maximum Gasteiger partial charge on any atom is 0.123 e. The summed E-state index contributed by atoms with van der Waals surface area (Å²) in [5.74, 6) is 1.86. The molecule has 0 aromatic heterocycles. The summed E-state index contributed by atoms with van der Waals surface area (Å²) in [6.45, 7) is 5.23. The van der Waals surface area contributed by atoms with Crippen LogP contribution in [0.5, 0.6) is 5.75 Å². The van der Waals surface area contributed by atoms with E-state index in [1.165, 1.54) is 12.8 Å². The SMILES string of the molecule is CCN(Cc1cc(C(=N)N)ccc1OC)CC1CC1. The van der Waals surface area contributed by atoms with Crippen LogP contribution in [0.1, 0.15) is 30.9 Å². The number of nitrogen functional groups attached to an aromatic ring is 1. The molecule has 1 saturated carbocycles. The first kappa shape index (κ1) is 13.9. The zero-order valence-electron chi connectivity index (χ0n) is 11.8. The standard InChI is InChI=1S/C15H23N3O/c1-3-18(9-11-4-5-11)10-13-8-12(15(16)17)6-7-14(13)19-2/h6-8,11H,3-5,9-10H2,1-2H3,(H3,16,17). The summed E-state index contributed by atoms with van der Waals surface area (Å²) >= 11 is 0. The lowest BCUT2D eigenvalue weighted by Gasteiger charge is -2.22. The van der Waals surface area contributed by atoms with Crippen molar-refractivity contribution in [2.75, 3.05) is 20.2 Å². The third-order valence-electron chi connectivity index (χ3n) is 3.65. The van der Waals surface area contributed by atoms with Crippen molar-refractivity contribution in [2.45, 2.75) is 26.3 Å². The molecule has 3 N–H and O–H groups in total. The molecule has 0 bridgehead atoms. The van der Waals surface area contributed by atoms with Crippen molar-refractivity contribution in [3.05, 3.63) is 29.3 Å². The number of benzene rings is 1. The first-order valence-corrected chi connectivity index (χ1v) is 6.87. The smallest absolute Gasteiger partial charge is 0.123 e. The molecule has 4 nitrogen and oxygen atoms in total. The van der Waals surface area contributed by atoms with Crippen molar-refractivity contribution in [3.8, 4) is 5.75 Å². The fraction of sp³-hybridized carbons (Fsp3) is 0.533. The van der Waals surface area contributed by atoms with Gasteiger partial charge in [0.25, 0.3) is 0 Å². The van der Waals surface area contributed by atoms with Gasteiger partial charge in [-0.2, -0.15) is 0 Å². The molecule has 0 spiro atoms. The maximum atomic E-state index is 7.53. The van der Waals surface area contributed by atoms with Crippen LogP contribution in [-0.2, 0) is 6.54 Å². The van der Waals surface area contributed by atoms with Crippen LogP contribution in [0.25, 0.3) is 0 Å². The fourth-order valence-electron chi connectivity index (χ4n) is 2.28. The topological polar surface area (TPSA) is 62.3 Å². The van der Waals surface area contributed by atoms with Crippen molar-refractivity contribution < 1.29 is 4.74 Å². The number of hydrogen-bond donors (Lipinski definition) is 2. The number of rotatable bonds is 7. The molecule has 1 fully saturated rings. The number of methoxy groups -OCH3 is 1. The quantitative estimate of drug-likeness (QED) is 0.584. The molecule has 0 radical (unpaired) electrons. The molecule has 1 aliphatic rings. The molecule has 2 rings (SSSR count). The Labute approximate surface area is 115 Å². The van der Waals surface area contributed by atoms with Gasteiger partial charge in [0.1, 0.15) is 11.6 Å². The normalized spacial score (nSPS) is 14.7. The van der Waals surface area contributed by atoms with E-state index in [-0.39, 0.29) is 5.84 Å². The van der Waals surface area contributed by atoms with Gasteiger partial charge in [0.05, 0.1) is 7.11 Å². The van der Waals surface area contributed by atoms with Gasteiger partial charge < -0.3 is 10.5 Å². The first-order chi connectivity index (χ1) is 9.13. The summed E-state index contributed by atoms with van der Waals surface area (Å²) in [5.41, 5.74) is 7.43. The van der Waals surface area contributed by atoms with E-state index in [9.17, 15) is 0 Å². The molecule has 1 aromatic carbocycles. The van der Waals surface area contributed by atoms with Crippen LogP contribution in [0, 0.1) is 11.3 Å². The van der Waals surface area contributed by atoms with E-state index in [0.29, 0.717) is 0 Å². The largest absolute Gasteiger partial charge is 0.496 e. The van der Waals surface area contributed by atoms with Crippen molar-refractivity contribution >= 4 is 5.84 Å². The highest BCUT2D eigenvalue weighted by Gasteiger charge is 2.24. The Morgan fingerprint density at radius 3 is 2.74 bits per heavy atom. The van der Waals surface area contributed by atoms with Crippen molar-refractivity contribution in [1.29, 1.82) is 5.41 Å². The number of nitrogens with two attached hydrogens (primary N) is 1. The molecule has 104 valence electrons. The van der Waals surface area contributed by atoms with E-state index < -0.39 is 0 Å². The molecule has 1 aliphatic carbocycles. The highest BCUT2D eigenvalue weighted by atomic mass is 16.5. The first-order valence-electron chi connectivity index (χ1n) is 6.87. The van der Waals surface area contributed by atoms with Crippen LogP contribution in [0.2, 0.25) is 0 Å². The molecular weight excluding hydrogens is 238 g/mol. The Bertz CT molecular complexity index is 455. The molecule has 0 unspecified atom stereocenters. The molecule has 0 heterocycles. The summed E-state index contributed by atoms with van der Waals surface area (Å²) in [6, 6.07) is 5.70. The van der Waals surface area contributed by atoms with Crippen LogP contribution in [-0.4, -0.2) is 30.9 Å². The van der Waals surface area contributed by atoms with Gasteiger partial charge in [-0.1, -0.05) is 6.92 Å². The van der Waals surface area contributed by atoms with Gasteiger partial charge in [-0.25, -0.2) is 0 Å². The minimum absolute atomic E-state index is 0.106. The third-order valence-corrected chi connectivity index (χ3v) is 3.65. The zero-order valence-corrected chi connectivity index (χ0v) is 11.8. The second kappa shape index (κ2) is 6.06. The molecule has 19 heavy (non-hydrogen) atoms. The van der Waals surface area contributed by atoms with E-state index in [0.717, 1.165) is 42.4 Å². The van der Waals surface area contributed by atoms with E-state index in [2.05, 4.69) is 11.8 Å². The Kier molecular flexibility index (Phi) is 4.43. The summed E-state index contributed by atoms with van der Waals surface area (Å²) in [7, 11) is 1.68. The lowest BCUT2D eigenvalue weighted by atomic mass is 10.1. The van der Waals surface area contributed by atoms with Gasteiger partial charge in [-0.3, -0.25) is 10.3 Å². The van der Waals surface area contributed by atoms with Crippen LogP contribution in [0.15, 0.2) is 18.2 Å². The van der Waals surface area contributed by atoms with Gasteiger partial charge >= 0.3 is 0 Å². The lowest BCUT2D eigenvalue weighted by Crippen LogP contribution is -2.25. The van der Waals surface area contributed by atoms with E-state index >= 15 is 0 Å². The fourth-order valence-corrected chi connectivity index (χ4v) is 2.28. The predicted molar refractivity (Wildman–Crippen MR) is 77.7 cm³/mol. The average Bonchev–Trinajstić information content (AvgIpc) is 3.21. The van der Waals surface area contributed by atoms with Gasteiger partial charge in [-0.15, -0.1) is 0 Å². The Balaban J connectivity index is 2.14. The highest BCUT2D eigenvalue weighted by Crippen LogP contribution is 2.31. The van der Waals surface area contributed by atoms with Crippen LogP contribution in [0.3, 0.4) is 0 Å². The third kappa shape index (κ3) is 3.70. The molecule has 0 aliphatic heterocycles. The molecule has 4 heteroatoms. The summed E-state index contributed by atoms with van der Waals surface area (Å²) in [4.78, 5) is 2.43. The zero-order chi connectivity index (χ0) is 13.8. The van der Waals surface area contributed by atoms with Crippen LogP contribution in [0.4, 0.5) is 0 Å². The summed E-state index contributed by atoms with van der Waals surface area (Å²) in [5, 5.41) is 7.53. The predicted octanol–water partition coefficient (Wildman–Crippen LogP) is 2.21. The minimum Gasteiger partial charge on any atom is -0.496 e. The lowest BCUT2D eigenvalue weighted by molar-refractivity contribution is 0.263. The second-order valence-electron chi connectivity index (χ2n) is 5.21. The Morgan fingerprint density at radius 1 is 1.47 bits per heavy atom. The highest BCUT2D eigenvalue weighted by molar-refractivity contribution is 5.95.